The smallest absolute Gasteiger partial charge is 0.308 e. The van der Waals surface area contributed by atoms with Gasteiger partial charge in [-0.1, -0.05) is 12.1 Å². The zero-order valence-electron chi connectivity index (χ0n) is 13.8. The molecule has 0 aliphatic carbocycles. The van der Waals surface area contributed by atoms with Gasteiger partial charge in [-0.05, 0) is 30.7 Å². The molecule has 0 saturated carbocycles. The molecule has 0 spiro atoms. The second kappa shape index (κ2) is 7.33. The molecule has 8 heteroatoms. The van der Waals surface area contributed by atoms with Crippen LogP contribution in [0.5, 0.6) is 5.75 Å². The van der Waals surface area contributed by atoms with Crippen LogP contribution >= 0.6 is 0 Å². The lowest BCUT2D eigenvalue weighted by molar-refractivity contribution is -0.141. The molecule has 1 unspecified atom stereocenters. The van der Waals surface area contributed by atoms with Crippen molar-refractivity contribution in [3.63, 3.8) is 0 Å². The highest BCUT2D eigenvalue weighted by Gasteiger charge is 2.31. The first kappa shape index (κ1) is 16.9. The summed E-state index contributed by atoms with van der Waals surface area (Å²) in [5, 5.41) is 12.8. The van der Waals surface area contributed by atoms with Crippen LogP contribution in [0.4, 0.5) is 0 Å². The molecule has 1 aromatic heterocycles. The number of aromatic nitrogens is 2. The van der Waals surface area contributed by atoms with Crippen molar-refractivity contribution in [2.45, 2.75) is 26.4 Å². The van der Waals surface area contributed by atoms with Crippen molar-refractivity contribution in [3.05, 3.63) is 41.5 Å². The van der Waals surface area contributed by atoms with Crippen LogP contribution in [-0.4, -0.2) is 45.1 Å². The predicted molar refractivity (Wildman–Crippen MR) is 86.1 cm³/mol. The van der Waals surface area contributed by atoms with Crippen molar-refractivity contribution in [1.82, 2.24) is 15.0 Å². The summed E-state index contributed by atoms with van der Waals surface area (Å²) in [5.41, 5.74) is 0.506. The van der Waals surface area contributed by atoms with Gasteiger partial charge in [-0.15, -0.1) is 0 Å². The first-order chi connectivity index (χ1) is 12.1. The summed E-state index contributed by atoms with van der Waals surface area (Å²) < 4.78 is 10.6. The molecule has 2 aromatic rings. The highest BCUT2D eigenvalue weighted by atomic mass is 16.5. The lowest BCUT2D eigenvalue weighted by Gasteiger charge is -2.16. The van der Waals surface area contributed by atoms with E-state index >= 15 is 0 Å². The molecule has 8 nitrogen and oxygen atoms in total. The van der Waals surface area contributed by atoms with Crippen molar-refractivity contribution in [1.29, 1.82) is 0 Å². The Hall–Kier alpha value is -2.90. The third kappa shape index (κ3) is 3.96. The van der Waals surface area contributed by atoms with Crippen LogP contribution in [-0.2, 0) is 17.8 Å². The number of likely N-dealkylation sites (tertiary alicyclic amines) is 1. The lowest BCUT2D eigenvalue weighted by atomic mass is 10.1. The second-order valence-electron chi connectivity index (χ2n) is 5.85. The van der Waals surface area contributed by atoms with Gasteiger partial charge in [-0.2, -0.15) is 4.98 Å². The number of amides is 1. The van der Waals surface area contributed by atoms with E-state index in [1.807, 2.05) is 6.92 Å². The largest absolute Gasteiger partial charge is 0.485 e. The van der Waals surface area contributed by atoms with Crippen molar-refractivity contribution >= 4 is 11.9 Å². The van der Waals surface area contributed by atoms with Crippen LogP contribution in [0, 0.1) is 5.92 Å². The van der Waals surface area contributed by atoms with Crippen molar-refractivity contribution < 1.29 is 24.0 Å². The number of carbonyl (C=O) groups excluding carboxylic acids is 1. The fraction of sp³-hybridized carbons (Fsp3) is 0.412. The van der Waals surface area contributed by atoms with Crippen molar-refractivity contribution in [2.24, 2.45) is 5.92 Å². The number of hydrogen-bond donors (Lipinski definition) is 1. The molecular weight excluding hydrogens is 326 g/mol. The fourth-order valence-corrected chi connectivity index (χ4v) is 2.66. The predicted octanol–water partition coefficient (Wildman–Crippen LogP) is 1.76. The van der Waals surface area contributed by atoms with E-state index in [0.29, 0.717) is 42.4 Å². The van der Waals surface area contributed by atoms with Gasteiger partial charge in [0.25, 0.3) is 5.91 Å². The number of carbonyl (C=O) groups is 2. The number of ether oxygens (including phenoxy) is 1. The molecule has 1 aliphatic heterocycles. The van der Waals surface area contributed by atoms with Crippen LogP contribution in [0.3, 0.4) is 0 Å². The van der Waals surface area contributed by atoms with Gasteiger partial charge in [0.05, 0.1) is 5.92 Å². The lowest BCUT2D eigenvalue weighted by Crippen LogP contribution is -2.29. The van der Waals surface area contributed by atoms with Gasteiger partial charge in [0.1, 0.15) is 5.75 Å². The molecule has 0 radical (unpaired) electrons. The number of aliphatic carboxylic acids is 1. The summed E-state index contributed by atoms with van der Waals surface area (Å²) in [7, 11) is 0. The van der Waals surface area contributed by atoms with E-state index in [1.165, 1.54) is 0 Å². The highest BCUT2D eigenvalue weighted by molar-refractivity contribution is 5.94. The molecule has 1 aromatic carbocycles. The SMILES string of the molecule is CCc1nc(COc2ccc(C(=O)N3CCC(C(=O)O)C3)cc2)no1. The Labute approximate surface area is 144 Å². The maximum absolute atomic E-state index is 12.4. The van der Waals surface area contributed by atoms with Gasteiger partial charge < -0.3 is 19.3 Å². The first-order valence-corrected chi connectivity index (χ1v) is 8.13. The van der Waals surface area contributed by atoms with E-state index in [4.69, 9.17) is 14.4 Å². The number of carboxylic acid groups (broad SMARTS) is 1. The van der Waals surface area contributed by atoms with E-state index in [0.717, 1.165) is 0 Å². The molecule has 25 heavy (non-hydrogen) atoms. The van der Waals surface area contributed by atoms with Gasteiger partial charge >= 0.3 is 5.97 Å². The number of aryl methyl sites for hydroxylation is 1. The van der Waals surface area contributed by atoms with Gasteiger partial charge in [0.15, 0.2) is 6.61 Å². The Morgan fingerprint density at radius 2 is 2.12 bits per heavy atom. The minimum absolute atomic E-state index is 0.166. The molecular formula is C17H19N3O5. The minimum atomic E-state index is -0.855. The quantitative estimate of drug-likeness (QED) is 0.850. The second-order valence-corrected chi connectivity index (χ2v) is 5.85. The number of carboxylic acids is 1. The summed E-state index contributed by atoms with van der Waals surface area (Å²) in [6.45, 7) is 2.83. The van der Waals surface area contributed by atoms with Crippen LogP contribution in [0.15, 0.2) is 28.8 Å². The topological polar surface area (TPSA) is 106 Å². The van der Waals surface area contributed by atoms with Gasteiger partial charge in [-0.25, -0.2) is 0 Å². The fourth-order valence-electron chi connectivity index (χ4n) is 2.66. The maximum atomic E-state index is 12.4. The van der Waals surface area contributed by atoms with Gasteiger partial charge in [0, 0.05) is 25.1 Å². The first-order valence-electron chi connectivity index (χ1n) is 8.13. The Balaban J connectivity index is 1.56. The molecule has 132 valence electrons. The molecule has 2 heterocycles. The monoisotopic (exact) mass is 345 g/mol. The maximum Gasteiger partial charge on any atom is 0.308 e. The molecule has 0 bridgehead atoms. The molecule has 1 aliphatic rings. The standard InChI is InChI=1S/C17H19N3O5/c1-2-15-18-14(19-25-15)10-24-13-5-3-11(4-6-13)16(21)20-8-7-12(9-20)17(22)23/h3-6,12H,2,7-10H2,1H3,(H,22,23). The zero-order chi connectivity index (χ0) is 17.8. The minimum Gasteiger partial charge on any atom is -0.485 e. The van der Waals surface area contributed by atoms with E-state index in [9.17, 15) is 9.59 Å². The number of hydrogen-bond acceptors (Lipinski definition) is 6. The molecule has 1 saturated heterocycles. The Kier molecular flexibility index (Phi) is 4.97. The normalized spacial score (nSPS) is 16.8. The van der Waals surface area contributed by atoms with E-state index < -0.39 is 11.9 Å². The number of rotatable bonds is 6. The summed E-state index contributed by atoms with van der Waals surface area (Å²) in [6.07, 6.45) is 1.16. The van der Waals surface area contributed by atoms with Gasteiger partial charge in [0.2, 0.25) is 11.7 Å². The van der Waals surface area contributed by atoms with E-state index in [1.54, 1.807) is 29.2 Å². The van der Waals surface area contributed by atoms with Crippen LogP contribution in [0.1, 0.15) is 35.4 Å². The van der Waals surface area contributed by atoms with E-state index in [-0.39, 0.29) is 19.1 Å². The molecule has 3 rings (SSSR count). The summed E-state index contributed by atoms with van der Waals surface area (Å²) in [4.78, 5) is 29.1. The molecule has 1 amide bonds. The van der Waals surface area contributed by atoms with Crippen molar-refractivity contribution in [3.8, 4) is 5.75 Å². The van der Waals surface area contributed by atoms with Crippen LogP contribution < -0.4 is 4.74 Å². The third-order valence-corrected chi connectivity index (χ3v) is 4.11. The highest BCUT2D eigenvalue weighted by Crippen LogP contribution is 2.20. The molecule has 1 fully saturated rings. The molecule has 1 N–H and O–H groups in total. The van der Waals surface area contributed by atoms with E-state index in [2.05, 4.69) is 10.1 Å². The number of benzene rings is 1. The van der Waals surface area contributed by atoms with Crippen molar-refractivity contribution in [2.75, 3.05) is 13.1 Å². The average Bonchev–Trinajstić information content (AvgIpc) is 3.29. The van der Waals surface area contributed by atoms with Gasteiger partial charge in [-0.3, -0.25) is 9.59 Å². The Morgan fingerprint density at radius 1 is 1.36 bits per heavy atom. The Bertz CT molecular complexity index is 756. The summed E-state index contributed by atoms with van der Waals surface area (Å²) in [5.74, 6) is 0.116. The third-order valence-electron chi connectivity index (χ3n) is 4.11. The molecule has 1 atom stereocenters. The van der Waals surface area contributed by atoms with Crippen LogP contribution in [0.2, 0.25) is 0 Å². The summed E-state index contributed by atoms with van der Waals surface area (Å²) in [6, 6.07) is 6.72. The Morgan fingerprint density at radius 3 is 2.72 bits per heavy atom. The number of nitrogens with zero attached hydrogens (tertiary/aromatic N) is 3. The zero-order valence-corrected chi connectivity index (χ0v) is 13.8. The average molecular weight is 345 g/mol. The van der Waals surface area contributed by atoms with Crippen LogP contribution in [0.25, 0.3) is 0 Å². The summed E-state index contributed by atoms with van der Waals surface area (Å²) >= 11 is 0.